The molecule has 0 amide bonds. The monoisotopic (exact) mass is 200 g/mol. The van der Waals surface area contributed by atoms with Gasteiger partial charge < -0.3 is 10.2 Å². The summed E-state index contributed by atoms with van der Waals surface area (Å²) in [5.41, 5.74) is -0.998. The zero-order chi connectivity index (χ0) is 10.6. The van der Waals surface area contributed by atoms with Crippen LogP contribution < -0.4 is 0 Å². The van der Waals surface area contributed by atoms with Gasteiger partial charge in [-0.15, -0.1) is 0 Å². The lowest BCUT2D eigenvalue weighted by Crippen LogP contribution is -2.33. The Balaban J connectivity index is 2.77. The second-order valence-corrected chi connectivity index (χ2v) is 4.07. The first-order valence-corrected chi connectivity index (χ1v) is 5.02. The summed E-state index contributed by atoms with van der Waals surface area (Å²) in [6, 6.07) is 0. The zero-order valence-corrected chi connectivity index (χ0v) is 8.16. The lowest BCUT2D eigenvalue weighted by atomic mass is 9.77. The van der Waals surface area contributed by atoms with Crippen LogP contribution >= 0.6 is 0 Å². The van der Waals surface area contributed by atoms with E-state index in [0.717, 1.165) is 25.7 Å². The van der Waals surface area contributed by atoms with Crippen molar-refractivity contribution in [2.45, 2.75) is 44.9 Å². The largest absolute Gasteiger partial charge is 0.481 e. The molecule has 1 rings (SSSR count). The van der Waals surface area contributed by atoms with Crippen LogP contribution in [0.2, 0.25) is 0 Å². The van der Waals surface area contributed by atoms with Crippen molar-refractivity contribution in [1.29, 1.82) is 0 Å². The molecule has 4 nitrogen and oxygen atoms in total. The van der Waals surface area contributed by atoms with Crippen molar-refractivity contribution in [2.75, 3.05) is 0 Å². The molecule has 0 aromatic rings. The van der Waals surface area contributed by atoms with E-state index in [-0.39, 0.29) is 6.42 Å². The minimum Gasteiger partial charge on any atom is -0.481 e. The summed E-state index contributed by atoms with van der Waals surface area (Å²) >= 11 is 0. The quantitative estimate of drug-likeness (QED) is 0.682. The third-order valence-corrected chi connectivity index (χ3v) is 3.00. The van der Waals surface area contributed by atoms with Crippen molar-refractivity contribution in [3.05, 3.63) is 0 Å². The van der Waals surface area contributed by atoms with E-state index in [9.17, 15) is 9.59 Å². The molecule has 1 saturated carbocycles. The molecular weight excluding hydrogens is 184 g/mol. The first kappa shape index (κ1) is 11.0. The summed E-state index contributed by atoms with van der Waals surface area (Å²) in [4.78, 5) is 21.7. The van der Waals surface area contributed by atoms with Gasteiger partial charge >= 0.3 is 11.9 Å². The van der Waals surface area contributed by atoms with Gasteiger partial charge in [0.2, 0.25) is 0 Å². The Morgan fingerprint density at radius 2 is 1.50 bits per heavy atom. The van der Waals surface area contributed by atoms with Crippen LogP contribution in [0.3, 0.4) is 0 Å². The molecule has 0 atom stereocenters. The van der Waals surface area contributed by atoms with Crippen molar-refractivity contribution in [1.82, 2.24) is 0 Å². The van der Waals surface area contributed by atoms with E-state index < -0.39 is 17.4 Å². The first-order chi connectivity index (χ1) is 6.57. The van der Waals surface area contributed by atoms with Crippen LogP contribution in [0, 0.1) is 5.41 Å². The Morgan fingerprint density at radius 3 is 1.86 bits per heavy atom. The Morgan fingerprint density at radius 1 is 1.00 bits per heavy atom. The Labute approximate surface area is 82.9 Å². The molecule has 0 unspecified atom stereocenters. The maximum atomic E-state index is 11.1. The average molecular weight is 200 g/mol. The summed E-state index contributed by atoms with van der Waals surface area (Å²) in [6.45, 7) is 0. The highest BCUT2D eigenvalue weighted by Gasteiger charge is 2.40. The highest BCUT2D eigenvalue weighted by molar-refractivity contribution is 5.81. The van der Waals surface area contributed by atoms with Crippen LogP contribution in [-0.4, -0.2) is 22.2 Å². The normalized spacial score (nSPS) is 21.1. The summed E-state index contributed by atoms with van der Waals surface area (Å²) in [5, 5.41) is 17.8. The van der Waals surface area contributed by atoms with Crippen molar-refractivity contribution < 1.29 is 19.8 Å². The molecule has 0 aliphatic heterocycles. The van der Waals surface area contributed by atoms with E-state index in [1.54, 1.807) is 0 Å². The average Bonchev–Trinajstić information content (AvgIpc) is 2.29. The molecular formula is C10H16O4. The van der Waals surface area contributed by atoms with E-state index >= 15 is 0 Å². The molecule has 1 fully saturated rings. The molecule has 0 aromatic heterocycles. The molecule has 2 N–H and O–H groups in total. The zero-order valence-electron chi connectivity index (χ0n) is 8.16. The molecule has 0 heterocycles. The molecule has 0 saturated heterocycles. The predicted octanol–water partition coefficient (Wildman–Crippen LogP) is 1.89. The van der Waals surface area contributed by atoms with Crippen molar-refractivity contribution >= 4 is 11.9 Å². The van der Waals surface area contributed by atoms with E-state index in [1.807, 2.05) is 0 Å². The minimum absolute atomic E-state index is 0.234. The van der Waals surface area contributed by atoms with Crippen molar-refractivity contribution in [2.24, 2.45) is 5.41 Å². The van der Waals surface area contributed by atoms with E-state index in [1.165, 1.54) is 0 Å². The summed E-state index contributed by atoms with van der Waals surface area (Å²) in [6.07, 6.45) is 4.49. The first-order valence-electron chi connectivity index (χ1n) is 5.02. The second-order valence-electron chi connectivity index (χ2n) is 4.07. The number of carboxylic acids is 2. The smallest absolute Gasteiger partial charge is 0.310 e. The maximum absolute atomic E-state index is 11.1. The molecule has 80 valence electrons. The molecule has 1 aliphatic carbocycles. The molecule has 0 radical (unpaired) electrons. The van der Waals surface area contributed by atoms with Crippen molar-refractivity contribution in [3.63, 3.8) is 0 Å². The predicted molar refractivity (Wildman–Crippen MR) is 50.0 cm³/mol. The number of carbonyl (C=O) groups is 2. The Bertz CT molecular complexity index is 226. The topological polar surface area (TPSA) is 74.6 Å². The van der Waals surface area contributed by atoms with Gasteiger partial charge in [0.1, 0.15) is 0 Å². The van der Waals surface area contributed by atoms with Crippen LogP contribution in [-0.2, 0) is 9.59 Å². The van der Waals surface area contributed by atoms with Gasteiger partial charge in [0, 0.05) is 0 Å². The van der Waals surface area contributed by atoms with Gasteiger partial charge in [0.25, 0.3) is 0 Å². The minimum atomic E-state index is -1.01. The standard InChI is InChI=1S/C10H16O4/c11-8(12)7-10(9(13)14)5-3-1-2-4-6-10/h1-7H2,(H,11,12)(H,13,14). The number of hydrogen-bond acceptors (Lipinski definition) is 2. The van der Waals surface area contributed by atoms with E-state index in [0.29, 0.717) is 12.8 Å². The van der Waals surface area contributed by atoms with Crippen LogP contribution in [0.25, 0.3) is 0 Å². The lowest BCUT2D eigenvalue weighted by Gasteiger charge is -2.25. The number of hydrogen-bond donors (Lipinski definition) is 2. The van der Waals surface area contributed by atoms with Crippen molar-refractivity contribution in [3.8, 4) is 0 Å². The van der Waals surface area contributed by atoms with Crippen LogP contribution in [0.5, 0.6) is 0 Å². The van der Waals surface area contributed by atoms with Gasteiger partial charge in [0.05, 0.1) is 11.8 Å². The summed E-state index contributed by atoms with van der Waals surface area (Å²) in [7, 11) is 0. The van der Waals surface area contributed by atoms with Gasteiger partial charge in [-0.05, 0) is 12.8 Å². The fourth-order valence-corrected chi connectivity index (χ4v) is 2.16. The fourth-order valence-electron chi connectivity index (χ4n) is 2.16. The maximum Gasteiger partial charge on any atom is 0.310 e. The lowest BCUT2D eigenvalue weighted by molar-refractivity contribution is -0.156. The van der Waals surface area contributed by atoms with Gasteiger partial charge in [-0.3, -0.25) is 9.59 Å². The molecule has 14 heavy (non-hydrogen) atoms. The van der Waals surface area contributed by atoms with Crippen LogP contribution in [0.4, 0.5) is 0 Å². The van der Waals surface area contributed by atoms with E-state index in [2.05, 4.69) is 0 Å². The molecule has 4 heteroatoms. The fraction of sp³-hybridized carbons (Fsp3) is 0.800. The number of carboxylic acid groups (broad SMARTS) is 2. The summed E-state index contributed by atoms with van der Waals surface area (Å²) < 4.78 is 0. The van der Waals surface area contributed by atoms with Crippen LogP contribution in [0.1, 0.15) is 44.9 Å². The van der Waals surface area contributed by atoms with Gasteiger partial charge in [0.15, 0.2) is 0 Å². The molecule has 0 aromatic carbocycles. The number of aliphatic carboxylic acids is 2. The SMILES string of the molecule is O=C(O)CC1(C(=O)O)CCCCCC1. The second kappa shape index (κ2) is 4.44. The third kappa shape index (κ3) is 2.47. The Hall–Kier alpha value is -1.06. The third-order valence-electron chi connectivity index (χ3n) is 3.00. The Kier molecular flexibility index (Phi) is 3.49. The summed E-state index contributed by atoms with van der Waals surface area (Å²) in [5.74, 6) is -1.95. The van der Waals surface area contributed by atoms with Crippen LogP contribution in [0.15, 0.2) is 0 Å². The highest BCUT2D eigenvalue weighted by atomic mass is 16.4. The molecule has 0 spiro atoms. The van der Waals surface area contributed by atoms with Gasteiger partial charge in [-0.1, -0.05) is 25.7 Å². The molecule has 0 bridgehead atoms. The van der Waals surface area contributed by atoms with E-state index in [4.69, 9.17) is 10.2 Å². The number of rotatable bonds is 3. The van der Waals surface area contributed by atoms with Gasteiger partial charge in [-0.25, -0.2) is 0 Å². The highest BCUT2D eigenvalue weighted by Crippen LogP contribution is 2.38. The van der Waals surface area contributed by atoms with Gasteiger partial charge in [-0.2, -0.15) is 0 Å². The molecule has 1 aliphatic rings.